The molecule has 110 valence electrons. The van der Waals surface area contributed by atoms with Crippen LogP contribution in [0.2, 0.25) is 0 Å². The Morgan fingerprint density at radius 3 is 2.76 bits per heavy atom. The average Bonchev–Trinajstić information content (AvgIpc) is 2.85. The van der Waals surface area contributed by atoms with Crippen molar-refractivity contribution in [3.05, 3.63) is 46.8 Å². The van der Waals surface area contributed by atoms with Crippen LogP contribution in [0.25, 0.3) is 5.69 Å². The van der Waals surface area contributed by atoms with Crippen LogP contribution < -0.4 is 5.32 Å². The molecule has 0 spiro atoms. The Labute approximate surface area is 122 Å². The molecule has 1 aromatic heterocycles. The van der Waals surface area contributed by atoms with E-state index in [0.717, 1.165) is 37.2 Å². The van der Waals surface area contributed by atoms with E-state index in [1.165, 1.54) is 12.1 Å². The minimum atomic E-state index is -0.247. The summed E-state index contributed by atoms with van der Waals surface area (Å²) >= 11 is 0. The van der Waals surface area contributed by atoms with Gasteiger partial charge >= 0.3 is 0 Å². The van der Waals surface area contributed by atoms with Gasteiger partial charge in [0.05, 0.1) is 11.4 Å². The highest BCUT2D eigenvalue weighted by atomic mass is 19.1. The standard InChI is InChI=1S/C16H17F2N3/c17-12-2-4-13-11(9-12)1-3-14-15(18)16(20-21(13)14)10-5-7-19-8-6-10/h2,4,9-10,19H,1,3,5-8H2. The van der Waals surface area contributed by atoms with E-state index in [1.807, 2.05) is 0 Å². The van der Waals surface area contributed by atoms with Gasteiger partial charge in [-0.05, 0) is 62.5 Å². The van der Waals surface area contributed by atoms with Crippen LogP contribution >= 0.6 is 0 Å². The zero-order chi connectivity index (χ0) is 14.4. The normalized spacial score (nSPS) is 18.4. The molecule has 0 aliphatic carbocycles. The van der Waals surface area contributed by atoms with Crippen LogP contribution in [0.5, 0.6) is 0 Å². The van der Waals surface area contributed by atoms with E-state index in [9.17, 15) is 8.78 Å². The van der Waals surface area contributed by atoms with Crippen molar-refractivity contribution in [2.45, 2.75) is 31.6 Å². The third-order valence-corrected chi connectivity index (χ3v) is 4.57. The first-order valence-corrected chi connectivity index (χ1v) is 7.51. The summed E-state index contributed by atoms with van der Waals surface area (Å²) in [4.78, 5) is 0. The number of halogens is 2. The lowest BCUT2D eigenvalue weighted by Gasteiger charge is -2.20. The highest BCUT2D eigenvalue weighted by Gasteiger charge is 2.29. The van der Waals surface area contributed by atoms with Gasteiger partial charge in [0.15, 0.2) is 5.82 Å². The maximum absolute atomic E-state index is 14.7. The van der Waals surface area contributed by atoms with Crippen LogP contribution in [0, 0.1) is 11.6 Å². The van der Waals surface area contributed by atoms with Crippen molar-refractivity contribution in [3.63, 3.8) is 0 Å². The van der Waals surface area contributed by atoms with Crippen molar-refractivity contribution in [1.82, 2.24) is 15.1 Å². The molecule has 3 nitrogen and oxygen atoms in total. The van der Waals surface area contributed by atoms with Crippen LogP contribution in [-0.2, 0) is 12.8 Å². The second-order valence-electron chi connectivity index (χ2n) is 5.86. The van der Waals surface area contributed by atoms with E-state index in [2.05, 4.69) is 10.4 Å². The van der Waals surface area contributed by atoms with Gasteiger partial charge < -0.3 is 5.32 Å². The van der Waals surface area contributed by atoms with Gasteiger partial charge in [-0.25, -0.2) is 13.5 Å². The molecule has 1 fully saturated rings. The molecule has 21 heavy (non-hydrogen) atoms. The Hall–Kier alpha value is -1.75. The molecule has 0 bridgehead atoms. The number of hydrogen-bond donors (Lipinski definition) is 1. The lowest BCUT2D eigenvalue weighted by atomic mass is 9.93. The summed E-state index contributed by atoms with van der Waals surface area (Å²) in [5.41, 5.74) is 2.95. The molecule has 2 aromatic rings. The quantitative estimate of drug-likeness (QED) is 0.875. The zero-order valence-electron chi connectivity index (χ0n) is 11.7. The van der Waals surface area contributed by atoms with Gasteiger partial charge in [0.2, 0.25) is 0 Å². The molecule has 0 radical (unpaired) electrons. The second kappa shape index (κ2) is 4.91. The summed E-state index contributed by atoms with van der Waals surface area (Å²) in [6.45, 7) is 1.82. The van der Waals surface area contributed by atoms with E-state index < -0.39 is 0 Å². The van der Waals surface area contributed by atoms with Gasteiger partial charge in [-0.1, -0.05) is 0 Å². The molecule has 0 unspecified atom stereocenters. The summed E-state index contributed by atoms with van der Waals surface area (Å²) in [7, 11) is 0. The van der Waals surface area contributed by atoms with Crippen molar-refractivity contribution in [3.8, 4) is 5.69 Å². The van der Waals surface area contributed by atoms with Gasteiger partial charge in [-0.2, -0.15) is 5.10 Å². The fraction of sp³-hybridized carbons (Fsp3) is 0.438. The highest BCUT2D eigenvalue weighted by molar-refractivity contribution is 5.46. The Bertz CT molecular complexity index is 687. The predicted octanol–water partition coefficient (Wildman–Crippen LogP) is 2.72. The number of hydrogen-bond acceptors (Lipinski definition) is 2. The zero-order valence-corrected chi connectivity index (χ0v) is 11.7. The van der Waals surface area contributed by atoms with E-state index in [0.29, 0.717) is 24.2 Å². The van der Waals surface area contributed by atoms with Gasteiger partial charge in [0.1, 0.15) is 11.5 Å². The van der Waals surface area contributed by atoms with E-state index >= 15 is 0 Å². The van der Waals surface area contributed by atoms with E-state index in [4.69, 9.17) is 0 Å². The third kappa shape index (κ3) is 2.07. The Kier molecular flexibility index (Phi) is 3.03. The first-order chi connectivity index (χ1) is 10.2. The van der Waals surface area contributed by atoms with Gasteiger partial charge in [-0.3, -0.25) is 0 Å². The highest BCUT2D eigenvalue weighted by Crippen LogP contribution is 2.33. The molecule has 0 atom stereocenters. The first-order valence-electron chi connectivity index (χ1n) is 7.51. The van der Waals surface area contributed by atoms with Crippen molar-refractivity contribution < 1.29 is 8.78 Å². The maximum atomic E-state index is 14.7. The first kappa shape index (κ1) is 13.0. The molecule has 1 aromatic carbocycles. The number of aryl methyl sites for hydroxylation is 1. The number of fused-ring (bicyclic) bond motifs is 3. The molecule has 2 aliphatic rings. The van der Waals surface area contributed by atoms with Gasteiger partial charge in [0.25, 0.3) is 0 Å². The molecule has 3 heterocycles. The molecule has 1 saturated heterocycles. The molecule has 1 N–H and O–H groups in total. The number of nitrogens with zero attached hydrogens (tertiary/aromatic N) is 2. The smallest absolute Gasteiger partial charge is 0.168 e. The number of benzene rings is 1. The topological polar surface area (TPSA) is 29.9 Å². The Morgan fingerprint density at radius 2 is 1.95 bits per heavy atom. The van der Waals surface area contributed by atoms with E-state index in [1.54, 1.807) is 10.7 Å². The summed E-state index contributed by atoms with van der Waals surface area (Å²) in [5.74, 6) is -0.214. The molecule has 0 amide bonds. The van der Waals surface area contributed by atoms with Crippen LogP contribution in [0.4, 0.5) is 8.78 Å². The monoisotopic (exact) mass is 289 g/mol. The van der Waals surface area contributed by atoms with Crippen molar-refractivity contribution >= 4 is 0 Å². The van der Waals surface area contributed by atoms with Crippen molar-refractivity contribution in [2.75, 3.05) is 13.1 Å². The van der Waals surface area contributed by atoms with Gasteiger partial charge in [-0.15, -0.1) is 0 Å². The largest absolute Gasteiger partial charge is 0.317 e. The lowest BCUT2D eigenvalue weighted by molar-refractivity contribution is 0.437. The molecular formula is C16H17F2N3. The van der Waals surface area contributed by atoms with Crippen molar-refractivity contribution in [2.24, 2.45) is 0 Å². The second-order valence-corrected chi connectivity index (χ2v) is 5.86. The molecule has 5 heteroatoms. The number of nitrogens with one attached hydrogen (secondary N) is 1. The lowest BCUT2D eigenvalue weighted by Crippen LogP contribution is -2.27. The maximum Gasteiger partial charge on any atom is 0.168 e. The van der Waals surface area contributed by atoms with Crippen LogP contribution in [0.3, 0.4) is 0 Å². The van der Waals surface area contributed by atoms with Crippen LogP contribution in [-0.4, -0.2) is 22.9 Å². The van der Waals surface area contributed by atoms with Crippen LogP contribution in [0.1, 0.15) is 35.7 Å². The number of aromatic nitrogens is 2. The molecular weight excluding hydrogens is 272 g/mol. The SMILES string of the molecule is Fc1ccc2c(c1)CCc1c(F)c(C3CCNCC3)nn1-2. The number of piperidine rings is 1. The van der Waals surface area contributed by atoms with Crippen LogP contribution in [0.15, 0.2) is 18.2 Å². The minimum absolute atomic E-state index is 0.156. The fourth-order valence-electron chi connectivity index (χ4n) is 3.44. The summed E-state index contributed by atoms with van der Waals surface area (Å²) < 4.78 is 29.7. The van der Waals surface area contributed by atoms with Gasteiger partial charge in [0, 0.05) is 5.92 Å². The van der Waals surface area contributed by atoms with E-state index in [-0.39, 0.29) is 17.6 Å². The Morgan fingerprint density at radius 1 is 1.14 bits per heavy atom. The Balaban J connectivity index is 1.80. The average molecular weight is 289 g/mol. The summed E-state index contributed by atoms with van der Waals surface area (Å²) in [5, 5.41) is 7.83. The molecule has 0 saturated carbocycles. The predicted molar refractivity (Wildman–Crippen MR) is 75.7 cm³/mol. The minimum Gasteiger partial charge on any atom is -0.317 e. The fourth-order valence-corrected chi connectivity index (χ4v) is 3.44. The third-order valence-electron chi connectivity index (χ3n) is 4.57. The molecule has 2 aliphatic heterocycles. The summed E-state index contributed by atoms with van der Waals surface area (Å²) in [6.07, 6.45) is 3.09. The summed E-state index contributed by atoms with van der Waals surface area (Å²) in [6, 6.07) is 4.64. The number of rotatable bonds is 1. The molecule has 4 rings (SSSR count). The van der Waals surface area contributed by atoms with Crippen molar-refractivity contribution in [1.29, 1.82) is 0 Å².